The number of nitrogens with one attached hydrogen (secondary N) is 1. The summed E-state index contributed by atoms with van der Waals surface area (Å²) in [6.07, 6.45) is 5.52. The maximum absolute atomic E-state index is 13.8. The van der Waals surface area contributed by atoms with Crippen LogP contribution in [0, 0.1) is 24.1 Å². The highest BCUT2D eigenvalue weighted by atomic mass is 19.1. The zero-order valence-corrected chi connectivity index (χ0v) is 12.4. The van der Waals surface area contributed by atoms with Gasteiger partial charge in [0.25, 0.3) is 0 Å². The van der Waals surface area contributed by atoms with Crippen molar-refractivity contribution in [3.63, 3.8) is 0 Å². The zero-order chi connectivity index (χ0) is 14.9. The van der Waals surface area contributed by atoms with Crippen LogP contribution in [0.25, 0.3) is 0 Å². The highest BCUT2D eigenvalue weighted by Gasteiger charge is 2.41. The van der Waals surface area contributed by atoms with Gasteiger partial charge in [-0.1, -0.05) is 6.07 Å². The van der Waals surface area contributed by atoms with E-state index in [9.17, 15) is 9.65 Å². The number of benzene rings is 1. The Balaban J connectivity index is 1.70. The summed E-state index contributed by atoms with van der Waals surface area (Å²) in [5.41, 5.74) is 0.481. The summed E-state index contributed by atoms with van der Waals surface area (Å²) < 4.78 is 19.7. The lowest BCUT2D eigenvalue weighted by molar-refractivity contribution is 0.107. The van der Waals surface area contributed by atoms with Gasteiger partial charge in [0.1, 0.15) is 11.6 Å². The van der Waals surface area contributed by atoms with E-state index in [0.29, 0.717) is 18.2 Å². The van der Waals surface area contributed by atoms with Crippen LogP contribution in [0.3, 0.4) is 0 Å². The molecule has 2 aliphatic carbocycles. The van der Waals surface area contributed by atoms with E-state index in [1.165, 1.54) is 6.07 Å². The van der Waals surface area contributed by atoms with Crippen LogP contribution in [0.15, 0.2) is 18.2 Å². The summed E-state index contributed by atoms with van der Waals surface area (Å²) in [4.78, 5) is 0. The molecular formula is C17H21FN2O. The number of hydrogen-bond acceptors (Lipinski definition) is 3. The van der Waals surface area contributed by atoms with E-state index in [1.54, 1.807) is 12.1 Å². The van der Waals surface area contributed by atoms with Crippen LogP contribution in [0.1, 0.15) is 44.1 Å². The predicted molar refractivity (Wildman–Crippen MR) is 78.5 cm³/mol. The number of halogens is 1. The largest absolute Gasteiger partial charge is 0.487 e. The summed E-state index contributed by atoms with van der Waals surface area (Å²) in [6, 6.07) is 7.83. The first-order chi connectivity index (χ1) is 10.1. The Labute approximate surface area is 125 Å². The van der Waals surface area contributed by atoms with Gasteiger partial charge in [-0.25, -0.2) is 4.39 Å². The van der Waals surface area contributed by atoms with Crippen molar-refractivity contribution in [3.05, 3.63) is 29.6 Å². The molecule has 0 spiro atoms. The Morgan fingerprint density at radius 3 is 2.90 bits per heavy atom. The van der Waals surface area contributed by atoms with Crippen molar-refractivity contribution in [1.29, 1.82) is 5.26 Å². The molecule has 4 heteroatoms. The average Bonchev–Trinajstić information content (AvgIpc) is 3.27. The summed E-state index contributed by atoms with van der Waals surface area (Å²) in [5.74, 6) is -0.0240. The molecule has 112 valence electrons. The van der Waals surface area contributed by atoms with Crippen LogP contribution in [-0.4, -0.2) is 17.7 Å². The molecule has 1 aromatic rings. The van der Waals surface area contributed by atoms with Crippen molar-refractivity contribution in [2.45, 2.75) is 63.1 Å². The second-order valence-corrected chi connectivity index (χ2v) is 6.38. The van der Waals surface area contributed by atoms with Crippen LogP contribution in [0.2, 0.25) is 0 Å². The Morgan fingerprint density at radius 2 is 2.19 bits per heavy atom. The van der Waals surface area contributed by atoms with E-state index in [2.05, 4.69) is 11.4 Å². The van der Waals surface area contributed by atoms with E-state index in [1.807, 2.05) is 6.92 Å². The van der Waals surface area contributed by atoms with Crippen LogP contribution >= 0.6 is 0 Å². The van der Waals surface area contributed by atoms with E-state index in [4.69, 9.17) is 4.74 Å². The fraction of sp³-hybridized carbons (Fsp3) is 0.588. The molecular weight excluding hydrogens is 267 g/mol. The van der Waals surface area contributed by atoms with E-state index >= 15 is 0 Å². The average molecular weight is 288 g/mol. The first kappa shape index (κ1) is 14.3. The van der Waals surface area contributed by atoms with Crippen LogP contribution in [0.4, 0.5) is 4.39 Å². The van der Waals surface area contributed by atoms with Gasteiger partial charge in [0, 0.05) is 12.5 Å². The minimum absolute atomic E-state index is 0.0963. The SMILES string of the molecule is Cc1ccc(F)c(OC2CCCC(C#N)(NC3CC3)C2)c1. The van der Waals surface area contributed by atoms with E-state index in [0.717, 1.165) is 37.7 Å². The molecule has 3 nitrogen and oxygen atoms in total. The van der Waals surface area contributed by atoms with Gasteiger partial charge in [-0.15, -0.1) is 0 Å². The number of aryl methyl sites for hydroxylation is 1. The third-order valence-corrected chi connectivity index (χ3v) is 4.36. The summed E-state index contributed by atoms with van der Waals surface area (Å²) >= 11 is 0. The molecule has 21 heavy (non-hydrogen) atoms. The fourth-order valence-electron chi connectivity index (χ4n) is 3.09. The van der Waals surface area contributed by atoms with Gasteiger partial charge in [0.15, 0.2) is 11.6 Å². The molecule has 0 saturated heterocycles. The molecule has 2 fully saturated rings. The molecule has 0 radical (unpaired) electrons. The fourth-order valence-corrected chi connectivity index (χ4v) is 3.09. The molecule has 0 heterocycles. The second kappa shape index (κ2) is 5.65. The monoisotopic (exact) mass is 288 g/mol. The minimum atomic E-state index is -0.496. The lowest BCUT2D eigenvalue weighted by atomic mass is 9.81. The van der Waals surface area contributed by atoms with Gasteiger partial charge in [-0.2, -0.15) is 5.26 Å². The molecule has 1 N–H and O–H groups in total. The van der Waals surface area contributed by atoms with Crippen LogP contribution in [0.5, 0.6) is 5.75 Å². The maximum Gasteiger partial charge on any atom is 0.165 e. The normalized spacial score (nSPS) is 28.9. The first-order valence-corrected chi connectivity index (χ1v) is 7.72. The maximum atomic E-state index is 13.8. The molecule has 3 rings (SSSR count). The van der Waals surface area contributed by atoms with Gasteiger partial charge in [-0.3, -0.25) is 5.32 Å². The summed E-state index contributed by atoms with van der Waals surface area (Å²) in [7, 11) is 0. The summed E-state index contributed by atoms with van der Waals surface area (Å²) in [6.45, 7) is 1.92. The standard InChI is InChI=1S/C17H21FN2O/c1-12-4-7-15(18)16(9-12)21-14-3-2-8-17(10-14,11-19)20-13-5-6-13/h4,7,9,13-14,20H,2-3,5-6,8,10H2,1H3. The molecule has 2 atom stereocenters. The van der Waals surface area contributed by atoms with Gasteiger partial charge in [0.05, 0.1) is 6.07 Å². The highest BCUT2D eigenvalue weighted by molar-refractivity contribution is 5.30. The van der Waals surface area contributed by atoms with E-state index < -0.39 is 5.54 Å². The van der Waals surface area contributed by atoms with E-state index in [-0.39, 0.29) is 11.9 Å². The predicted octanol–water partition coefficient (Wildman–Crippen LogP) is 3.47. The first-order valence-electron chi connectivity index (χ1n) is 7.72. The lowest BCUT2D eigenvalue weighted by Crippen LogP contribution is -2.50. The molecule has 0 aromatic heterocycles. The molecule has 2 aliphatic rings. The van der Waals surface area contributed by atoms with Crippen LogP contribution in [-0.2, 0) is 0 Å². The van der Waals surface area contributed by atoms with Crippen LogP contribution < -0.4 is 10.1 Å². The third-order valence-electron chi connectivity index (χ3n) is 4.36. The van der Waals surface area contributed by atoms with Gasteiger partial charge in [0.2, 0.25) is 0 Å². The minimum Gasteiger partial charge on any atom is -0.487 e. The quantitative estimate of drug-likeness (QED) is 0.922. The molecule has 0 bridgehead atoms. The highest BCUT2D eigenvalue weighted by Crippen LogP contribution is 2.34. The Kier molecular flexibility index (Phi) is 3.86. The van der Waals surface area contributed by atoms with Crippen molar-refractivity contribution < 1.29 is 9.13 Å². The molecule has 2 unspecified atom stereocenters. The number of nitrogens with zero attached hydrogens (tertiary/aromatic N) is 1. The molecule has 2 saturated carbocycles. The van der Waals surface area contributed by atoms with Crippen molar-refractivity contribution in [3.8, 4) is 11.8 Å². The van der Waals surface area contributed by atoms with Gasteiger partial charge in [-0.05, 0) is 56.7 Å². The molecule has 1 aromatic carbocycles. The number of ether oxygens (including phenoxy) is 1. The Hall–Kier alpha value is -1.60. The molecule has 0 aliphatic heterocycles. The van der Waals surface area contributed by atoms with Crippen molar-refractivity contribution >= 4 is 0 Å². The second-order valence-electron chi connectivity index (χ2n) is 6.38. The Bertz CT molecular complexity index is 564. The topological polar surface area (TPSA) is 45.0 Å². The number of nitriles is 1. The zero-order valence-electron chi connectivity index (χ0n) is 12.4. The Morgan fingerprint density at radius 1 is 1.38 bits per heavy atom. The van der Waals surface area contributed by atoms with Crippen molar-refractivity contribution in [2.75, 3.05) is 0 Å². The lowest BCUT2D eigenvalue weighted by Gasteiger charge is -2.36. The van der Waals surface area contributed by atoms with Gasteiger partial charge < -0.3 is 4.74 Å². The third kappa shape index (κ3) is 3.36. The van der Waals surface area contributed by atoms with Crippen molar-refractivity contribution in [2.24, 2.45) is 0 Å². The number of hydrogen-bond donors (Lipinski definition) is 1. The number of rotatable bonds is 4. The van der Waals surface area contributed by atoms with Crippen molar-refractivity contribution in [1.82, 2.24) is 5.32 Å². The van der Waals surface area contributed by atoms with Gasteiger partial charge >= 0.3 is 0 Å². The summed E-state index contributed by atoms with van der Waals surface area (Å²) in [5, 5.41) is 13.0. The molecule has 0 amide bonds. The smallest absolute Gasteiger partial charge is 0.165 e.